The maximum absolute atomic E-state index is 13.8. The normalized spacial score (nSPS) is 17.9. The van der Waals surface area contributed by atoms with Gasteiger partial charge in [0.05, 0.1) is 6.54 Å². The highest BCUT2D eigenvalue weighted by Crippen LogP contribution is 2.35. The van der Waals surface area contributed by atoms with E-state index in [0.29, 0.717) is 29.4 Å². The topological polar surface area (TPSA) is 54.3 Å². The van der Waals surface area contributed by atoms with Crippen molar-refractivity contribution in [3.05, 3.63) is 93.7 Å². The molecule has 168 valence electrons. The molecule has 5 rings (SSSR count). The Morgan fingerprint density at radius 3 is 2.70 bits per heavy atom. The van der Waals surface area contributed by atoms with Gasteiger partial charge in [0.2, 0.25) is 5.91 Å². The molecule has 1 N–H and O–H groups in total. The van der Waals surface area contributed by atoms with E-state index in [1.807, 2.05) is 34.2 Å². The standard InChI is InChI=1S/C25H21ClFN3O2S/c1-25(24(32)28-13-16-5-7-19(26)8-6-16)15-29-21(12-18-9-10-33-23(18)29)22(31)30(25)14-17-3-2-4-20(27)11-17/h2-12H,13-15H2,1H3,(H,28,32)/t25-/m1/s1. The van der Waals surface area contributed by atoms with Crippen LogP contribution in [0.2, 0.25) is 5.02 Å². The van der Waals surface area contributed by atoms with Crippen LogP contribution in [0.5, 0.6) is 0 Å². The number of aromatic nitrogens is 1. The Morgan fingerprint density at radius 2 is 1.94 bits per heavy atom. The number of thiophene rings is 1. The van der Waals surface area contributed by atoms with Crippen molar-refractivity contribution in [3.63, 3.8) is 0 Å². The molecule has 2 aromatic heterocycles. The fraction of sp³-hybridized carbons (Fsp3) is 0.200. The third-order valence-corrected chi connectivity index (χ3v) is 7.32. The second-order valence-corrected chi connectivity index (χ2v) is 9.73. The van der Waals surface area contributed by atoms with E-state index in [9.17, 15) is 14.0 Å². The van der Waals surface area contributed by atoms with E-state index in [1.54, 1.807) is 47.4 Å². The summed E-state index contributed by atoms with van der Waals surface area (Å²) in [4.78, 5) is 29.7. The highest BCUT2D eigenvalue weighted by atomic mass is 35.5. The number of fused-ring (bicyclic) bond motifs is 3. The molecule has 8 heteroatoms. The lowest BCUT2D eigenvalue weighted by Crippen LogP contribution is -2.63. The number of hydrogen-bond acceptors (Lipinski definition) is 3. The Hall–Kier alpha value is -3.16. The van der Waals surface area contributed by atoms with Gasteiger partial charge >= 0.3 is 0 Å². The molecule has 33 heavy (non-hydrogen) atoms. The Labute approximate surface area is 199 Å². The molecule has 1 aliphatic rings. The SMILES string of the molecule is C[C@]1(C(=O)NCc2ccc(Cl)cc2)Cn2c(cc3ccsc32)C(=O)N1Cc1cccc(F)c1. The summed E-state index contributed by atoms with van der Waals surface area (Å²) in [5.74, 6) is -0.904. The highest BCUT2D eigenvalue weighted by molar-refractivity contribution is 7.16. The average Bonchev–Trinajstić information content (AvgIpc) is 3.38. The van der Waals surface area contributed by atoms with Gasteiger partial charge in [-0.1, -0.05) is 35.9 Å². The maximum atomic E-state index is 13.8. The summed E-state index contributed by atoms with van der Waals surface area (Å²) in [6.45, 7) is 2.50. The van der Waals surface area contributed by atoms with Crippen molar-refractivity contribution in [2.24, 2.45) is 0 Å². The number of carbonyl (C=O) groups excluding carboxylic acids is 2. The smallest absolute Gasteiger partial charge is 0.271 e. The number of halogens is 2. The molecule has 3 heterocycles. The number of amides is 2. The first kappa shape index (κ1) is 21.7. The molecule has 0 saturated carbocycles. The first-order valence-corrected chi connectivity index (χ1v) is 11.8. The zero-order valence-electron chi connectivity index (χ0n) is 17.8. The lowest BCUT2D eigenvalue weighted by molar-refractivity contribution is -0.133. The van der Waals surface area contributed by atoms with Gasteiger partial charge in [0.25, 0.3) is 5.91 Å². The van der Waals surface area contributed by atoms with Gasteiger partial charge < -0.3 is 14.8 Å². The van der Waals surface area contributed by atoms with Crippen LogP contribution in [0.25, 0.3) is 10.2 Å². The van der Waals surface area contributed by atoms with Crippen molar-refractivity contribution in [1.82, 2.24) is 14.8 Å². The maximum Gasteiger partial charge on any atom is 0.271 e. The van der Waals surface area contributed by atoms with Gasteiger partial charge in [-0.2, -0.15) is 0 Å². The quantitative estimate of drug-likeness (QED) is 0.424. The zero-order chi connectivity index (χ0) is 23.2. The minimum atomic E-state index is -1.17. The van der Waals surface area contributed by atoms with Crippen molar-refractivity contribution in [2.45, 2.75) is 32.1 Å². The van der Waals surface area contributed by atoms with Gasteiger partial charge in [-0.05, 0) is 59.8 Å². The Bertz CT molecular complexity index is 1360. The molecule has 1 atom stereocenters. The van der Waals surface area contributed by atoms with Crippen LogP contribution < -0.4 is 5.32 Å². The highest BCUT2D eigenvalue weighted by Gasteiger charge is 2.47. The summed E-state index contributed by atoms with van der Waals surface area (Å²) >= 11 is 7.50. The fourth-order valence-electron chi connectivity index (χ4n) is 4.30. The van der Waals surface area contributed by atoms with E-state index in [0.717, 1.165) is 15.8 Å². The van der Waals surface area contributed by atoms with Gasteiger partial charge in [0.15, 0.2) is 0 Å². The number of hydrogen-bond donors (Lipinski definition) is 1. The van der Waals surface area contributed by atoms with Gasteiger partial charge in [-0.25, -0.2) is 4.39 Å². The second kappa shape index (κ2) is 8.32. The predicted molar refractivity (Wildman–Crippen MR) is 128 cm³/mol. The molecule has 4 aromatic rings. The predicted octanol–water partition coefficient (Wildman–Crippen LogP) is 5.23. The molecule has 0 radical (unpaired) electrons. The first-order chi connectivity index (χ1) is 15.8. The van der Waals surface area contributed by atoms with Gasteiger partial charge in [-0.15, -0.1) is 11.3 Å². The van der Waals surface area contributed by atoms with E-state index < -0.39 is 5.54 Å². The Morgan fingerprint density at radius 1 is 1.15 bits per heavy atom. The summed E-state index contributed by atoms with van der Waals surface area (Å²) in [5, 5.41) is 6.55. The fourth-order valence-corrected chi connectivity index (χ4v) is 5.32. The molecule has 5 nitrogen and oxygen atoms in total. The molecule has 2 aromatic carbocycles. The van der Waals surface area contributed by atoms with Crippen LogP contribution in [0.4, 0.5) is 4.39 Å². The largest absolute Gasteiger partial charge is 0.350 e. The third kappa shape index (κ3) is 3.92. The summed E-state index contributed by atoms with van der Waals surface area (Å²) in [6.07, 6.45) is 0. The van der Waals surface area contributed by atoms with E-state index in [2.05, 4.69) is 5.32 Å². The van der Waals surface area contributed by atoms with Crippen LogP contribution in [-0.4, -0.2) is 26.8 Å². The molecular formula is C25H21ClFN3O2S. The molecule has 0 saturated heterocycles. The molecule has 0 spiro atoms. The van der Waals surface area contributed by atoms with Crippen molar-refractivity contribution in [1.29, 1.82) is 0 Å². The van der Waals surface area contributed by atoms with Crippen LogP contribution in [-0.2, 0) is 24.4 Å². The minimum Gasteiger partial charge on any atom is -0.350 e. The van der Waals surface area contributed by atoms with Crippen LogP contribution >= 0.6 is 22.9 Å². The number of rotatable bonds is 5. The number of carbonyl (C=O) groups is 2. The minimum absolute atomic E-state index is 0.125. The summed E-state index contributed by atoms with van der Waals surface area (Å²) in [6, 6.07) is 17.2. The van der Waals surface area contributed by atoms with Crippen molar-refractivity contribution < 1.29 is 14.0 Å². The molecular weight excluding hydrogens is 461 g/mol. The van der Waals surface area contributed by atoms with Crippen LogP contribution in [0.15, 0.2) is 66.0 Å². The number of benzene rings is 2. The van der Waals surface area contributed by atoms with Crippen molar-refractivity contribution in [2.75, 3.05) is 0 Å². The molecule has 1 aliphatic heterocycles. The van der Waals surface area contributed by atoms with E-state index >= 15 is 0 Å². The summed E-state index contributed by atoms with van der Waals surface area (Å²) < 4.78 is 15.8. The van der Waals surface area contributed by atoms with Crippen molar-refractivity contribution >= 4 is 45.0 Å². The molecule has 0 bridgehead atoms. The number of nitrogens with one attached hydrogen (secondary N) is 1. The van der Waals surface area contributed by atoms with Gasteiger partial charge in [0.1, 0.15) is 21.9 Å². The van der Waals surface area contributed by atoms with Crippen LogP contribution in [0, 0.1) is 5.82 Å². The molecule has 0 unspecified atom stereocenters. The summed E-state index contributed by atoms with van der Waals surface area (Å²) in [5.41, 5.74) is 0.897. The van der Waals surface area contributed by atoms with Crippen LogP contribution in [0.3, 0.4) is 0 Å². The first-order valence-electron chi connectivity index (χ1n) is 10.5. The Kier molecular flexibility index (Phi) is 5.46. The van der Waals surface area contributed by atoms with E-state index in [4.69, 9.17) is 11.6 Å². The average molecular weight is 482 g/mol. The lowest BCUT2D eigenvalue weighted by atomic mass is 9.93. The molecule has 0 aliphatic carbocycles. The van der Waals surface area contributed by atoms with E-state index in [-0.39, 0.29) is 24.2 Å². The third-order valence-electron chi connectivity index (χ3n) is 6.11. The number of nitrogens with zero attached hydrogens (tertiary/aromatic N) is 2. The monoisotopic (exact) mass is 481 g/mol. The molecule has 2 amide bonds. The van der Waals surface area contributed by atoms with Crippen LogP contribution in [0.1, 0.15) is 28.5 Å². The van der Waals surface area contributed by atoms with Gasteiger partial charge in [-0.3, -0.25) is 9.59 Å². The second-order valence-electron chi connectivity index (χ2n) is 8.40. The zero-order valence-corrected chi connectivity index (χ0v) is 19.4. The summed E-state index contributed by atoms with van der Waals surface area (Å²) in [7, 11) is 0. The van der Waals surface area contributed by atoms with Crippen molar-refractivity contribution in [3.8, 4) is 0 Å². The molecule has 0 fully saturated rings. The van der Waals surface area contributed by atoms with E-state index in [1.165, 1.54) is 12.1 Å². The lowest BCUT2D eigenvalue weighted by Gasteiger charge is -2.44. The van der Waals surface area contributed by atoms with Gasteiger partial charge in [0, 0.05) is 23.5 Å². The Balaban J connectivity index is 1.50.